The van der Waals surface area contributed by atoms with Crippen molar-refractivity contribution in [1.82, 2.24) is 9.88 Å². The summed E-state index contributed by atoms with van der Waals surface area (Å²) in [4.78, 5) is 29.3. The Hall–Kier alpha value is -2.28. The molecule has 1 aromatic carbocycles. The smallest absolute Gasteiger partial charge is 0.327 e. The number of aromatic nitrogens is 1. The molecule has 1 aromatic heterocycles. The molecule has 1 aliphatic rings. The number of rotatable bonds is 2. The van der Waals surface area contributed by atoms with Gasteiger partial charge in [0, 0.05) is 16.8 Å². The number of para-hydroxylation sites is 1. The molecule has 21 heavy (non-hydrogen) atoms. The zero-order valence-corrected chi connectivity index (χ0v) is 11.8. The number of hydrogen-bond acceptors (Lipinski definition) is 5. The van der Waals surface area contributed by atoms with Gasteiger partial charge in [-0.1, -0.05) is 18.2 Å². The predicted octanol–water partition coefficient (Wildman–Crippen LogP) is 1.42. The number of carbonyl (C=O) groups is 2. The van der Waals surface area contributed by atoms with Crippen molar-refractivity contribution >= 4 is 40.2 Å². The average Bonchev–Trinajstić information content (AvgIpc) is 2.96. The van der Waals surface area contributed by atoms with Crippen LogP contribution in [0.4, 0.5) is 5.69 Å². The fourth-order valence-corrected chi connectivity index (χ4v) is 3.45. The van der Waals surface area contributed by atoms with Gasteiger partial charge < -0.3 is 15.7 Å². The van der Waals surface area contributed by atoms with Gasteiger partial charge >= 0.3 is 5.97 Å². The van der Waals surface area contributed by atoms with Gasteiger partial charge in [-0.05, 0) is 12.1 Å². The number of carbonyl (C=O) groups excluding carboxylic acids is 1. The molecule has 1 amide bonds. The standard InChI is InChI=1S/C14H13N3O3S/c15-9-5-11(16-10-4-2-1-3-8(9)10)13(18)17-7-21-6-12(17)14(19)20/h1-5,12H,6-7H2,(H2,15,16)(H,19,20). The molecule has 0 bridgehead atoms. The first-order chi connectivity index (χ1) is 10.1. The Labute approximate surface area is 124 Å². The number of carboxylic acids is 1. The average molecular weight is 303 g/mol. The highest BCUT2D eigenvalue weighted by atomic mass is 32.2. The second kappa shape index (κ2) is 5.25. The normalized spacial score (nSPS) is 18.1. The summed E-state index contributed by atoms with van der Waals surface area (Å²) < 4.78 is 0. The third-order valence-corrected chi connectivity index (χ3v) is 4.41. The van der Waals surface area contributed by atoms with Crippen LogP contribution in [0, 0.1) is 0 Å². The highest BCUT2D eigenvalue weighted by Gasteiger charge is 2.35. The van der Waals surface area contributed by atoms with Crippen LogP contribution in [-0.2, 0) is 4.79 Å². The van der Waals surface area contributed by atoms with Crippen molar-refractivity contribution in [2.45, 2.75) is 6.04 Å². The van der Waals surface area contributed by atoms with Gasteiger partial charge in [-0.2, -0.15) is 0 Å². The summed E-state index contributed by atoms with van der Waals surface area (Å²) in [6.45, 7) is 0. The van der Waals surface area contributed by atoms with Gasteiger partial charge in [0.15, 0.2) is 0 Å². The fraction of sp³-hybridized carbons (Fsp3) is 0.214. The molecular formula is C14H13N3O3S. The van der Waals surface area contributed by atoms with Gasteiger partial charge in [0.1, 0.15) is 11.7 Å². The third-order valence-electron chi connectivity index (χ3n) is 3.40. The van der Waals surface area contributed by atoms with E-state index in [0.717, 1.165) is 5.39 Å². The predicted molar refractivity (Wildman–Crippen MR) is 81.1 cm³/mol. The quantitative estimate of drug-likeness (QED) is 0.871. The van der Waals surface area contributed by atoms with Gasteiger partial charge in [-0.25, -0.2) is 9.78 Å². The number of hydrogen-bond donors (Lipinski definition) is 2. The number of pyridine rings is 1. The first-order valence-corrected chi connectivity index (χ1v) is 7.50. The molecule has 6 nitrogen and oxygen atoms in total. The minimum absolute atomic E-state index is 0.181. The van der Waals surface area contributed by atoms with E-state index in [2.05, 4.69) is 4.98 Å². The fourth-order valence-electron chi connectivity index (χ4n) is 2.31. The number of fused-ring (bicyclic) bond motifs is 1. The summed E-state index contributed by atoms with van der Waals surface area (Å²) in [5, 5.41) is 9.93. The Morgan fingerprint density at radius 3 is 2.90 bits per heavy atom. The molecule has 1 fully saturated rings. The van der Waals surface area contributed by atoms with E-state index in [1.165, 1.54) is 22.7 Å². The topological polar surface area (TPSA) is 96.5 Å². The van der Waals surface area contributed by atoms with Gasteiger partial charge in [0.05, 0.1) is 11.4 Å². The number of benzene rings is 1. The summed E-state index contributed by atoms with van der Waals surface area (Å²) in [5.41, 5.74) is 7.22. The largest absolute Gasteiger partial charge is 0.480 e. The summed E-state index contributed by atoms with van der Waals surface area (Å²) in [7, 11) is 0. The molecule has 0 aliphatic carbocycles. The van der Waals surface area contributed by atoms with E-state index in [4.69, 9.17) is 10.8 Å². The van der Waals surface area contributed by atoms with Gasteiger partial charge in [0.2, 0.25) is 0 Å². The summed E-state index contributed by atoms with van der Waals surface area (Å²) in [6.07, 6.45) is 0. The molecular weight excluding hydrogens is 290 g/mol. The second-order valence-electron chi connectivity index (χ2n) is 4.74. The Morgan fingerprint density at radius 1 is 1.38 bits per heavy atom. The molecule has 0 spiro atoms. The third kappa shape index (κ3) is 2.40. The number of anilines is 1. The van der Waals surface area contributed by atoms with Crippen molar-refractivity contribution < 1.29 is 14.7 Å². The van der Waals surface area contributed by atoms with E-state index in [9.17, 15) is 9.59 Å². The monoisotopic (exact) mass is 303 g/mol. The van der Waals surface area contributed by atoms with Crippen LogP contribution in [0.2, 0.25) is 0 Å². The number of nitrogens with zero attached hydrogens (tertiary/aromatic N) is 2. The lowest BCUT2D eigenvalue weighted by molar-refractivity contribution is -0.140. The van der Waals surface area contributed by atoms with Crippen molar-refractivity contribution in [3.63, 3.8) is 0 Å². The summed E-state index contributed by atoms with van der Waals surface area (Å²) in [6, 6.07) is 7.96. The van der Waals surface area contributed by atoms with E-state index in [-0.39, 0.29) is 5.69 Å². The SMILES string of the molecule is Nc1cc(C(=O)N2CSCC2C(=O)O)nc2ccccc12. The lowest BCUT2D eigenvalue weighted by atomic mass is 10.1. The number of nitrogen functional groups attached to an aromatic ring is 1. The zero-order valence-electron chi connectivity index (χ0n) is 11.0. The Bertz CT molecular complexity index is 734. The first-order valence-electron chi connectivity index (χ1n) is 6.34. The number of thioether (sulfide) groups is 1. The maximum Gasteiger partial charge on any atom is 0.327 e. The van der Waals surface area contributed by atoms with Crippen LogP contribution in [0.25, 0.3) is 10.9 Å². The van der Waals surface area contributed by atoms with Crippen LogP contribution in [0.5, 0.6) is 0 Å². The number of aliphatic carboxylic acids is 1. The molecule has 3 N–H and O–H groups in total. The van der Waals surface area contributed by atoms with E-state index in [1.54, 1.807) is 6.07 Å². The maximum absolute atomic E-state index is 12.5. The van der Waals surface area contributed by atoms with Crippen LogP contribution in [-0.4, -0.2) is 44.5 Å². The lowest BCUT2D eigenvalue weighted by Crippen LogP contribution is -2.42. The van der Waals surface area contributed by atoms with Crippen LogP contribution >= 0.6 is 11.8 Å². The maximum atomic E-state index is 12.5. The minimum atomic E-state index is -0.998. The van der Waals surface area contributed by atoms with Gasteiger partial charge in [0.25, 0.3) is 5.91 Å². The second-order valence-corrected chi connectivity index (χ2v) is 5.74. The zero-order chi connectivity index (χ0) is 15.0. The Balaban J connectivity index is 2.00. The van der Waals surface area contributed by atoms with Crippen LogP contribution in [0.1, 0.15) is 10.5 Å². The van der Waals surface area contributed by atoms with Gasteiger partial charge in [-0.3, -0.25) is 4.79 Å². The molecule has 1 unspecified atom stereocenters. The van der Waals surface area contributed by atoms with E-state index >= 15 is 0 Å². The van der Waals surface area contributed by atoms with E-state index < -0.39 is 17.9 Å². The van der Waals surface area contributed by atoms with Crippen molar-refractivity contribution in [3.05, 3.63) is 36.0 Å². The minimum Gasteiger partial charge on any atom is -0.480 e. The molecule has 2 aromatic rings. The van der Waals surface area contributed by atoms with E-state index in [1.807, 2.05) is 18.2 Å². The molecule has 7 heteroatoms. The first kappa shape index (κ1) is 13.7. The van der Waals surface area contributed by atoms with Crippen LogP contribution in [0.3, 0.4) is 0 Å². The van der Waals surface area contributed by atoms with E-state index in [0.29, 0.717) is 22.8 Å². The summed E-state index contributed by atoms with van der Waals surface area (Å²) >= 11 is 1.41. The van der Waals surface area contributed by atoms with Crippen LogP contribution in [0.15, 0.2) is 30.3 Å². The van der Waals surface area contributed by atoms with Crippen molar-refractivity contribution in [2.24, 2.45) is 0 Å². The molecule has 1 aliphatic heterocycles. The Kier molecular flexibility index (Phi) is 3.42. The van der Waals surface area contributed by atoms with Crippen LogP contribution < -0.4 is 5.73 Å². The molecule has 0 saturated carbocycles. The molecule has 3 rings (SSSR count). The molecule has 0 radical (unpaired) electrons. The van der Waals surface area contributed by atoms with Crippen molar-refractivity contribution in [2.75, 3.05) is 17.4 Å². The van der Waals surface area contributed by atoms with Crippen molar-refractivity contribution in [1.29, 1.82) is 0 Å². The molecule has 2 heterocycles. The lowest BCUT2D eigenvalue weighted by Gasteiger charge is -2.20. The molecule has 1 atom stereocenters. The van der Waals surface area contributed by atoms with Gasteiger partial charge in [-0.15, -0.1) is 11.8 Å². The highest BCUT2D eigenvalue weighted by molar-refractivity contribution is 7.99. The highest BCUT2D eigenvalue weighted by Crippen LogP contribution is 2.25. The number of carboxylic acid groups (broad SMARTS) is 1. The number of amides is 1. The molecule has 108 valence electrons. The van der Waals surface area contributed by atoms with Crippen molar-refractivity contribution in [3.8, 4) is 0 Å². The Morgan fingerprint density at radius 2 is 2.14 bits per heavy atom. The molecule has 1 saturated heterocycles. The number of nitrogens with two attached hydrogens (primary N) is 1. The summed E-state index contributed by atoms with van der Waals surface area (Å²) in [5.74, 6) is -0.652.